The van der Waals surface area contributed by atoms with Crippen LogP contribution < -0.4 is 0 Å². The van der Waals surface area contributed by atoms with Crippen molar-refractivity contribution in [2.75, 3.05) is 0 Å². The Hall–Kier alpha value is -0.160. The third kappa shape index (κ3) is 4.37. The highest BCUT2D eigenvalue weighted by Crippen LogP contribution is 2.13. The lowest BCUT2D eigenvalue weighted by Gasteiger charge is -2.26. The zero-order valence-corrected chi connectivity index (χ0v) is 9.09. The van der Waals surface area contributed by atoms with E-state index in [1.54, 1.807) is 6.92 Å². The van der Waals surface area contributed by atoms with Crippen molar-refractivity contribution >= 4 is 0 Å². The van der Waals surface area contributed by atoms with Crippen molar-refractivity contribution in [1.29, 1.82) is 0 Å². The first kappa shape index (κ1) is 13.8. The smallest absolute Gasteiger partial charge is 0.108 e. The first-order valence-corrected chi connectivity index (χ1v) is 5.12. The Morgan fingerprint density at radius 2 is 1.29 bits per heavy atom. The van der Waals surface area contributed by atoms with E-state index in [9.17, 15) is 20.4 Å². The molecule has 4 N–H and O–H groups in total. The predicted molar refractivity (Wildman–Crippen MR) is 53.8 cm³/mol. The molecule has 0 aliphatic rings. The lowest BCUT2D eigenvalue weighted by Crippen LogP contribution is -2.44. The van der Waals surface area contributed by atoms with Crippen molar-refractivity contribution in [1.82, 2.24) is 0 Å². The van der Waals surface area contributed by atoms with Crippen molar-refractivity contribution in [3.63, 3.8) is 0 Å². The molecule has 0 radical (unpaired) electrons. The van der Waals surface area contributed by atoms with E-state index in [0.29, 0.717) is 12.8 Å². The molecule has 0 bridgehead atoms. The van der Waals surface area contributed by atoms with Crippen LogP contribution in [0.15, 0.2) is 0 Å². The fourth-order valence-corrected chi connectivity index (χ4v) is 1.32. The molecule has 0 aliphatic heterocycles. The molecule has 86 valence electrons. The molecular formula is C10H22O4. The average Bonchev–Trinajstić information content (AvgIpc) is 2.13. The zero-order chi connectivity index (χ0) is 11.3. The minimum absolute atomic E-state index is 0.241. The standard InChI is InChI=1S/C10H22O4/c1-4-7(11)9(13)10(14)8(12)5-6(2)3/h6-14H,4-5H2,1-3H3/t7-,8-,9-,10-/m1/s1. The maximum atomic E-state index is 9.48. The monoisotopic (exact) mass is 206 g/mol. The molecule has 0 unspecified atom stereocenters. The normalized spacial score (nSPS) is 20.6. The van der Waals surface area contributed by atoms with Crippen LogP contribution in [0.1, 0.15) is 33.6 Å². The molecule has 4 heteroatoms. The first-order valence-electron chi connectivity index (χ1n) is 5.12. The van der Waals surface area contributed by atoms with Gasteiger partial charge in [0.05, 0.1) is 12.2 Å². The fraction of sp³-hybridized carbons (Fsp3) is 1.00. The van der Waals surface area contributed by atoms with Crippen LogP contribution in [0, 0.1) is 5.92 Å². The van der Waals surface area contributed by atoms with Gasteiger partial charge in [0, 0.05) is 0 Å². The van der Waals surface area contributed by atoms with E-state index < -0.39 is 24.4 Å². The second-order valence-electron chi connectivity index (χ2n) is 4.15. The molecule has 0 saturated carbocycles. The fourth-order valence-electron chi connectivity index (χ4n) is 1.32. The second-order valence-corrected chi connectivity index (χ2v) is 4.15. The molecular weight excluding hydrogens is 184 g/mol. The highest BCUT2D eigenvalue weighted by molar-refractivity contribution is 4.80. The quantitative estimate of drug-likeness (QED) is 0.488. The van der Waals surface area contributed by atoms with Gasteiger partial charge in [0.2, 0.25) is 0 Å². The van der Waals surface area contributed by atoms with Crippen molar-refractivity contribution < 1.29 is 20.4 Å². The van der Waals surface area contributed by atoms with Crippen LogP contribution in [0.25, 0.3) is 0 Å². The third-order valence-electron chi connectivity index (χ3n) is 2.27. The summed E-state index contributed by atoms with van der Waals surface area (Å²) in [6.45, 7) is 5.53. The van der Waals surface area contributed by atoms with E-state index in [4.69, 9.17) is 0 Å². The maximum Gasteiger partial charge on any atom is 0.108 e. The van der Waals surface area contributed by atoms with Crippen LogP contribution in [0.2, 0.25) is 0 Å². The molecule has 0 spiro atoms. The molecule has 0 fully saturated rings. The molecule has 0 saturated heterocycles. The lowest BCUT2D eigenvalue weighted by atomic mass is 9.95. The Kier molecular flexibility index (Phi) is 6.27. The third-order valence-corrected chi connectivity index (χ3v) is 2.27. The van der Waals surface area contributed by atoms with Crippen molar-refractivity contribution in [3.05, 3.63) is 0 Å². The van der Waals surface area contributed by atoms with E-state index in [1.165, 1.54) is 0 Å². The van der Waals surface area contributed by atoms with Crippen LogP contribution >= 0.6 is 0 Å². The Balaban J connectivity index is 4.09. The van der Waals surface area contributed by atoms with E-state index in [2.05, 4.69) is 0 Å². The van der Waals surface area contributed by atoms with E-state index >= 15 is 0 Å². The van der Waals surface area contributed by atoms with Gasteiger partial charge in [0.1, 0.15) is 12.2 Å². The second kappa shape index (κ2) is 6.35. The summed E-state index contributed by atoms with van der Waals surface area (Å²) < 4.78 is 0. The van der Waals surface area contributed by atoms with Crippen molar-refractivity contribution in [2.24, 2.45) is 5.92 Å². The van der Waals surface area contributed by atoms with Crippen LogP contribution in [0.5, 0.6) is 0 Å². The summed E-state index contributed by atoms with van der Waals surface area (Å²) in [4.78, 5) is 0. The average molecular weight is 206 g/mol. The summed E-state index contributed by atoms with van der Waals surface area (Å²) in [5.41, 5.74) is 0. The van der Waals surface area contributed by atoms with Gasteiger partial charge >= 0.3 is 0 Å². The summed E-state index contributed by atoms with van der Waals surface area (Å²) in [5, 5.41) is 37.6. The minimum Gasteiger partial charge on any atom is -0.390 e. The van der Waals surface area contributed by atoms with Gasteiger partial charge in [-0.1, -0.05) is 20.8 Å². The summed E-state index contributed by atoms with van der Waals surface area (Å²) in [7, 11) is 0. The van der Waals surface area contributed by atoms with Gasteiger partial charge in [0.15, 0.2) is 0 Å². The Morgan fingerprint density at radius 3 is 1.64 bits per heavy atom. The first-order chi connectivity index (χ1) is 6.40. The molecule has 0 aromatic heterocycles. The maximum absolute atomic E-state index is 9.48. The number of hydrogen-bond donors (Lipinski definition) is 4. The lowest BCUT2D eigenvalue weighted by molar-refractivity contribution is -0.109. The summed E-state index contributed by atoms with van der Waals surface area (Å²) in [6, 6.07) is 0. The predicted octanol–water partition coefficient (Wildman–Crippen LogP) is -0.114. The molecule has 0 aromatic carbocycles. The highest BCUT2D eigenvalue weighted by Gasteiger charge is 2.29. The Labute approximate surface area is 85.2 Å². The topological polar surface area (TPSA) is 80.9 Å². The van der Waals surface area contributed by atoms with Crippen LogP contribution in [-0.4, -0.2) is 44.8 Å². The van der Waals surface area contributed by atoms with Gasteiger partial charge in [0.25, 0.3) is 0 Å². The van der Waals surface area contributed by atoms with Crippen molar-refractivity contribution in [3.8, 4) is 0 Å². The largest absolute Gasteiger partial charge is 0.390 e. The summed E-state index contributed by atoms with van der Waals surface area (Å²) >= 11 is 0. The van der Waals surface area contributed by atoms with Gasteiger partial charge in [-0.05, 0) is 18.8 Å². The minimum atomic E-state index is -1.27. The summed E-state index contributed by atoms with van der Waals surface area (Å²) in [6.07, 6.45) is -3.74. The Morgan fingerprint density at radius 1 is 0.857 bits per heavy atom. The number of rotatable bonds is 6. The van der Waals surface area contributed by atoms with Gasteiger partial charge in [-0.3, -0.25) is 0 Å². The number of aliphatic hydroxyl groups excluding tert-OH is 4. The molecule has 0 aromatic rings. The van der Waals surface area contributed by atoms with Crippen LogP contribution in [0.3, 0.4) is 0 Å². The van der Waals surface area contributed by atoms with E-state index in [0.717, 1.165) is 0 Å². The highest BCUT2D eigenvalue weighted by atomic mass is 16.4. The zero-order valence-electron chi connectivity index (χ0n) is 9.09. The van der Waals surface area contributed by atoms with Gasteiger partial charge in [-0.25, -0.2) is 0 Å². The molecule has 0 heterocycles. The van der Waals surface area contributed by atoms with Gasteiger partial charge in [-0.2, -0.15) is 0 Å². The molecule has 0 amide bonds. The number of hydrogen-bond acceptors (Lipinski definition) is 4. The Bertz CT molecular complexity index is 149. The molecule has 4 atom stereocenters. The van der Waals surface area contributed by atoms with E-state index in [-0.39, 0.29) is 5.92 Å². The SMILES string of the molecule is CC[C@@H](O)[C@@H](O)[C@H](O)[C@H](O)CC(C)C. The van der Waals surface area contributed by atoms with Gasteiger partial charge < -0.3 is 20.4 Å². The van der Waals surface area contributed by atoms with Crippen molar-refractivity contribution in [2.45, 2.75) is 58.0 Å². The molecule has 14 heavy (non-hydrogen) atoms. The molecule has 0 aliphatic carbocycles. The number of aliphatic hydroxyl groups is 4. The van der Waals surface area contributed by atoms with Crippen LogP contribution in [-0.2, 0) is 0 Å². The summed E-state index contributed by atoms with van der Waals surface area (Å²) in [5.74, 6) is 0.241. The molecule has 0 rings (SSSR count). The van der Waals surface area contributed by atoms with Crippen LogP contribution in [0.4, 0.5) is 0 Å². The molecule has 4 nitrogen and oxygen atoms in total. The van der Waals surface area contributed by atoms with Gasteiger partial charge in [-0.15, -0.1) is 0 Å². The van der Waals surface area contributed by atoms with E-state index in [1.807, 2.05) is 13.8 Å².